The first-order valence-corrected chi connectivity index (χ1v) is 11.2. The van der Waals surface area contributed by atoms with Gasteiger partial charge >= 0.3 is 0 Å². The molecule has 4 rings (SSSR count). The molecule has 0 bridgehead atoms. The zero-order valence-corrected chi connectivity index (χ0v) is 19.5. The van der Waals surface area contributed by atoms with Crippen molar-refractivity contribution in [2.24, 2.45) is 0 Å². The molecular weight excluding hydrogens is 436 g/mol. The number of para-hydroxylation sites is 1. The van der Waals surface area contributed by atoms with E-state index in [9.17, 15) is 4.79 Å². The Morgan fingerprint density at radius 3 is 2.09 bits per heavy atom. The van der Waals surface area contributed by atoms with Gasteiger partial charge in [0, 0.05) is 10.9 Å². The van der Waals surface area contributed by atoms with Gasteiger partial charge in [-0.15, -0.1) is 11.3 Å². The van der Waals surface area contributed by atoms with Crippen molar-refractivity contribution in [2.45, 2.75) is 13.5 Å². The van der Waals surface area contributed by atoms with E-state index in [4.69, 9.17) is 14.2 Å². The molecule has 6 nitrogen and oxygen atoms in total. The minimum absolute atomic E-state index is 0.248. The number of methoxy groups -OCH3 is 2. The van der Waals surface area contributed by atoms with Crippen LogP contribution in [0.25, 0.3) is 0 Å². The molecule has 0 saturated heterocycles. The summed E-state index contributed by atoms with van der Waals surface area (Å²) in [7, 11) is 3.08. The number of anilines is 2. The topological polar surface area (TPSA) is 60.9 Å². The van der Waals surface area contributed by atoms with Crippen LogP contribution >= 0.6 is 11.3 Å². The number of nitrogens with zero attached hydrogens (tertiary/aromatic N) is 2. The summed E-state index contributed by atoms with van der Waals surface area (Å²) in [5.74, 6) is 1.02. The second kappa shape index (κ2) is 10.2. The largest absolute Gasteiger partial charge is 0.493 e. The molecule has 168 valence electrons. The van der Waals surface area contributed by atoms with Crippen LogP contribution in [0.15, 0.2) is 78.2 Å². The van der Waals surface area contributed by atoms with Crippen molar-refractivity contribution >= 4 is 28.1 Å². The van der Waals surface area contributed by atoms with Gasteiger partial charge in [0.05, 0.1) is 25.6 Å². The molecule has 0 N–H and O–H groups in total. The summed E-state index contributed by atoms with van der Waals surface area (Å²) in [4.78, 5) is 19.9. The van der Waals surface area contributed by atoms with Crippen LogP contribution in [0.5, 0.6) is 17.2 Å². The minimum Gasteiger partial charge on any atom is -0.493 e. The predicted octanol–water partition coefficient (Wildman–Crippen LogP) is 6.03. The molecule has 7 heteroatoms. The van der Waals surface area contributed by atoms with E-state index < -0.39 is 0 Å². The van der Waals surface area contributed by atoms with E-state index in [0.29, 0.717) is 34.6 Å². The lowest BCUT2D eigenvalue weighted by atomic mass is 10.1. The van der Waals surface area contributed by atoms with E-state index in [-0.39, 0.29) is 5.91 Å². The Labute approximate surface area is 197 Å². The smallest absolute Gasteiger partial charge is 0.264 e. The van der Waals surface area contributed by atoms with Crippen molar-refractivity contribution in [3.05, 3.63) is 95.0 Å². The summed E-state index contributed by atoms with van der Waals surface area (Å²) in [5.41, 5.74) is 2.98. The van der Waals surface area contributed by atoms with Crippen molar-refractivity contribution < 1.29 is 19.0 Å². The number of carbonyl (C=O) groups is 1. The Hall–Kier alpha value is -3.84. The average molecular weight is 461 g/mol. The van der Waals surface area contributed by atoms with E-state index in [1.54, 1.807) is 17.0 Å². The SMILES string of the molecule is COc1cc(C(=O)N(c2ccccc2)c2nc(C)cs2)cc(OC)c1OCc1ccccc1. The van der Waals surface area contributed by atoms with Crippen molar-refractivity contribution in [3.8, 4) is 17.2 Å². The zero-order chi connectivity index (χ0) is 23.2. The van der Waals surface area contributed by atoms with Crippen LogP contribution in [-0.2, 0) is 6.61 Å². The monoisotopic (exact) mass is 460 g/mol. The second-order valence-corrected chi connectivity index (χ2v) is 8.07. The molecule has 1 aromatic heterocycles. The zero-order valence-electron chi connectivity index (χ0n) is 18.6. The highest BCUT2D eigenvalue weighted by molar-refractivity contribution is 7.14. The first kappa shape index (κ1) is 22.4. The molecule has 0 aliphatic heterocycles. The lowest BCUT2D eigenvalue weighted by Gasteiger charge is -2.22. The molecule has 0 aliphatic carbocycles. The van der Waals surface area contributed by atoms with Gasteiger partial charge in [-0.05, 0) is 36.8 Å². The number of ether oxygens (including phenoxy) is 3. The van der Waals surface area contributed by atoms with Crippen molar-refractivity contribution in [1.29, 1.82) is 0 Å². The Balaban J connectivity index is 1.71. The molecule has 1 amide bonds. The fourth-order valence-corrected chi connectivity index (χ4v) is 4.16. The first-order valence-electron chi connectivity index (χ1n) is 10.3. The van der Waals surface area contributed by atoms with Gasteiger partial charge in [-0.1, -0.05) is 48.5 Å². The third kappa shape index (κ3) is 4.99. The Kier molecular flexibility index (Phi) is 6.90. The number of hydrogen-bond donors (Lipinski definition) is 0. The van der Waals surface area contributed by atoms with Gasteiger partial charge in [-0.25, -0.2) is 4.98 Å². The van der Waals surface area contributed by atoms with Gasteiger partial charge in [0.15, 0.2) is 16.6 Å². The normalized spacial score (nSPS) is 10.5. The number of thiazole rings is 1. The quantitative estimate of drug-likeness (QED) is 0.321. The van der Waals surface area contributed by atoms with E-state index in [1.807, 2.05) is 73.0 Å². The van der Waals surface area contributed by atoms with Crippen molar-refractivity contribution in [1.82, 2.24) is 4.98 Å². The van der Waals surface area contributed by atoms with Crippen LogP contribution in [0.2, 0.25) is 0 Å². The molecular formula is C26H24N2O4S. The molecule has 1 heterocycles. The summed E-state index contributed by atoms with van der Waals surface area (Å²) in [6.07, 6.45) is 0. The fraction of sp³-hybridized carbons (Fsp3) is 0.154. The number of aromatic nitrogens is 1. The van der Waals surface area contributed by atoms with Gasteiger partial charge in [0.25, 0.3) is 5.91 Å². The molecule has 0 radical (unpaired) electrons. The highest BCUT2D eigenvalue weighted by Crippen LogP contribution is 2.40. The molecule has 3 aromatic carbocycles. The molecule has 0 fully saturated rings. The maximum absolute atomic E-state index is 13.7. The third-order valence-electron chi connectivity index (χ3n) is 4.95. The Bertz CT molecular complexity index is 1200. The van der Waals surface area contributed by atoms with Crippen LogP contribution in [0, 0.1) is 6.92 Å². The number of carbonyl (C=O) groups excluding carboxylic acids is 1. The molecule has 0 spiro atoms. The van der Waals surface area contributed by atoms with Gasteiger partial charge in [0.2, 0.25) is 5.75 Å². The average Bonchev–Trinajstić information content (AvgIpc) is 3.29. The van der Waals surface area contributed by atoms with Gasteiger partial charge < -0.3 is 14.2 Å². The number of aryl methyl sites for hydroxylation is 1. The van der Waals surface area contributed by atoms with Crippen molar-refractivity contribution in [3.63, 3.8) is 0 Å². The maximum Gasteiger partial charge on any atom is 0.264 e. The first-order chi connectivity index (χ1) is 16.1. The summed E-state index contributed by atoms with van der Waals surface area (Å²) in [6, 6.07) is 22.6. The fourth-order valence-electron chi connectivity index (χ4n) is 3.34. The van der Waals surface area contributed by atoms with Crippen LogP contribution in [0.1, 0.15) is 21.6 Å². The number of rotatable bonds is 8. The van der Waals surface area contributed by atoms with Crippen LogP contribution in [-0.4, -0.2) is 25.1 Å². The van der Waals surface area contributed by atoms with E-state index in [0.717, 1.165) is 16.9 Å². The van der Waals surface area contributed by atoms with Crippen molar-refractivity contribution in [2.75, 3.05) is 19.1 Å². The maximum atomic E-state index is 13.7. The Morgan fingerprint density at radius 2 is 1.55 bits per heavy atom. The van der Waals surface area contributed by atoms with E-state index in [2.05, 4.69) is 4.98 Å². The van der Waals surface area contributed by atoms with Crippen LogP contribution in [0.3, 0.4) is 0 Å². The number of hydrogen-bond acceptors (Lipinski definition) is 6. The molecule has 0 saturated carbocycles. The number of amides is 1. The van der Waals surface area contributed by atoms with Gasteiger partial charge in [-0.2, -0.15) is 0 Å². The standard InChI is InChI=1S/C26H24N2O4S/c1-18-17-33-26(27-18)28(21-12-8-5-9-13-21)25(29)20-14-22(30-2)24(23(15-20)31-3)32-16-19-10-6-4-7-11-19/h4-15,17H,16H2,1-3H3. The third-order valence-corrected chi connectivity index (χ3v) is 5.89. The van der Waals surface area contributed by atoms with E-state index in [1.165, 1.54) is 25.6 Å². The summed E-state index contributed by atoms with van der Waals surface area (Å²) < 4.78 is 17.2. The molecule has 0 aliphatic rings. The van der Waals surface area contributed by atoms with Gasteiger partial charge in [-0.3, -0.25) is 9.69 Å². The molecule has 0 atom stereocenters. The minimum atomic E-state index is -0.248. The van der Waals surface area contributed by atoms with Gasteiger partial charge in [0.1, 0.15) is 6.61 Å². The second-order valence-electron chi connectivity index (χ2n) is 7.23. The number of benzene rings is 3. The summed E-state index contributed by atoms with van der Waals surface area (Å²) >= 11 is 1.41. The summed E-state index contributed by atoms with van der Waals surface area (Å²) in [6.45, 7) is 2.24. The molecule has 0 unspecified atom stereocenters. The Morgan fingerprint density at radius 1 is 0.939 bits per heavy atom. The van der Waals surface area contributed by atoms with Crippen LogP contribution in [0.4, 0.5) is 10.8 Å². The molecule has 33 heavy (non-hydrogen) atoms. The lowest BCUT2D eigenvalue weighted by molar-refractivity contribution is 0.0998. The van der Waals surface area contributed by atoms with E-state index >= 15 is 0 Å². The molecule has 4 aromatic rings. The lowest BCUT2D eigenvalue weighted by Crippen LogP contribution is -2.26. The summed E-state index contributed by atoms with van der Waals surface area (Å²) in [5, 5.41) is 2.51. The van der Waals surface area contributed by atoms with Crippen LogP contribution < -0.4 is 19.1 Å². The highest BCUT2D eigenvalue weighted by Gasteiger charge is 2.25. The highest BCUT2D eigenvalue weighted by atomic mass is 32.1. The predicted molar refractivity (Wildman–Crippen MR) is 130 cm³/mol.